The van der Waals surface area contributed by atoms with Crippen molar-refractivity contribution in [3.63, 3.8) is 0 Å². The zero-order valence-corrected chi connectivity index (χ0v) is 13.3. The largest absolute Gasteiger partial charge is 0.416 e. The summed E-state index contributed by atoms with van der Waals surface area (Å²) in [5.74, 6) is 0.910. The zero-order valence-electron chi connectivity index (χ0n) is 13.3. The van der Waals surface area contributed by atoms with Crippen LogP contribution in [-0.2, 0) is 24.0 Å². The molecule has 3 rings (SSSR count). The summed E-state index contributed by atoms with van der Waals surface area (Å²) in [6, 6.07) is 5.27. The molecule has 1 aliphatic rings. The molecule has 1 aromatic heterocycles. The number of halogens is 3. The highest BCUT2D eigenvalue weighted by Gasteiger charge is 2.29. The summed E-state index contributed by atoms with van der Waals surface area (Å²) in [6.45, 7) is 3.00. The average Bonchev–Trinajstić information content (AvgIpc) is 3.20. The van der Waals surface area contributed by atoms with Crippen LogP contribution < -0.4 is 5.32 Å². The molecule has 24 heavy (non-hydrogen) atoms. The number of quaternary nitrogens is 1. The highest BCUT2D eigenvalue weighted by Crippen LogP contribution is 2.29. The maximum atomic E-state index is 12.6. The van der Waals surface area contributed by atoms with Crippen molar-refractivity contribution in [1.29, 1.82) is 0 Å². The molecular weight excluding hydrogens is 319 g/mol. The molecular formula is C17H21F3N3O+. The second kappa shape index (κ2) is 7.36. The van der Waals surface area contributed by atoms with E-state index in [0.717, 1.165) is 56.1 Å². The van der Waals surface area contributed by atoms with Crippen molar-refractivity contribution in [2.45, 2.75) is 38.2 Å². The van der Waals surface area contributed by atoms with E-state index in [9.17, 15) is 13.2 Å². The van der Waals surface area contributed by atoms with Gasteiger partial charge in [-0.1, -0.05) is 12.1 Å². The second-order valence-electron chi connectivity index (χ2n) is 6.03. The van der Waals surface area contributed by atoms with Crippen molar-refractivity contribution in [2.75, 3.05) is 13.2 Å². The van der Waals surface area contributed by atoms with E-state index in [0.29, 0.717) is 12.6 Å². The van der Waals surface area contributed by atoms with Crippen molar-refractivity contribution >= 4 is 0 Å². The first kappa shape index (κ1) is 17.0. The van der Waals surface area contributed by atoms with Gasteiger partial charge in [-0.15, -0.1) is 0 Å². The van der Waals surface area contributed by atoms with E-state index in [1.807, 2.05) is 10.8 Å². The summed E-state index contributed by atoms with van der Waals surface area (Å²) in [5.41, 5.74) is 0.198. The fourth-order valence-corrected chi connectivity index (χ4v) is 2.90. The first-order valence-corrected chi connectivity index (χ1v) is 8.12. The number of imidazole rings is 1. The van der Waals surface area contributed by atoms with E-state index < -0.39 is 11.7 Å². The minimum Gasteiger partial charge on any atom is -0.372 e. The number of hydrogen-bond acceptors (Lipinski definition) is 2. The van der Waals surface area contributed by atoms with Gasteiger partial charge >= 0.3 is 6.18 Å². The minimum atomic E-state index is -4.30. The highest BCUT2D eigenvalue weighted by atomic mass is 19.4. The number of hydrogen-bond donors (Lipinski definition) is 1. The Morgan fingerprint density at radius 2 is 2.04 bits per heavy atom. The Morgan fingerprint density at radius 3 is 2.71 bits per heavy atom. The molecule has 1 aromatic carbocycles. The lowest BCUT2D eigenvalue weighted by molar-refractivity contribution is -0.677. The summed E-state index contributed by atoms with van der Waals surface area (Å²) < 4.78 is 45.4. The first-order chi connectivity index (χ1) is 11.5. The average molecular weight is 340 g/mol. The normalized spacial score (nSPS) is 18.2. The molecule has 0 radical (unpaired) electrons. The van der Waals surface area contributed by atoms with Crippen molar-refractivity contribution in [2.24, 2.45) is 0 Å². The Hall–Kier alpha value is -1.86. The lowest BCUT2D eigenvalue weighted by Gasteiger charge is -2.11. The number of ether oxygens (including phenoxy) is 1. The van der Waals surface area contributed by atoms with E-state index in [1.165, 1.54) is 12.1 Å². The molecule has 0 saturated carbocycles. The summed E-state index contributed by atoms with van der Waals surface area (Å²) >= 11 is 0. The van der Waals surface area contributed by atoms with Crippen LogP contribution >= 0.6 is 0 Å². The van der Waals surface area contributed by atoms with Gasteiger partial charge in [0.15, 0.2) is 5.82 Å². The Bertz CT molecular complexity index is 646. The maximum Gasteiger partial charge on any atom is 0.416 e. The van der Waals surface area contributed by atoms with Crippen LogP contribution in [0.1, 0.15) is 29.8 Å². The molecule has 4 nitrogen and oxygen atoms in total. The van der Waals surface area contributed by atoms with Crippen LogP contribution in [0.2, 0.25) is 0 Å². The van der Waals surface area contributed by atoms with Crippen LogP contribution in [0.3, 0.4) is 0 Å². The van der Waals surface area contributed by atoms with E-state index in [2.05, 4.69) is 10.3 Å². The third-order valence-corrected chi connectivity index (χ3v) is 4.22. The Balaban J connectivity index is 1.56. The van der Waals surface area contributed by atoms with Crippen LogP contribution in [-0.4, -0.2) is 28.8 Å². The van der Waals surface area contributed by atoms with Crippen LogP contribution in [0.5, 0.6) is 0 Å². The smallest absolute Gasteiger partial charge is 0.372 e. The molecule has 2 aromatic rings. The van der Waals surface area contributed by atoms with Gasteiger partial charge in [0.1, 0.15) is 19.2 Å². The molecule has 2 N–H and O–H groups in total. The van der Waals surface area contributed by atoms with Crippen molar-refractivity contribution in [1.82, 2.24) is 9.55 Å². The predicted molar refractivity (Wildman–Crippen MR) is 82.2 cm³/mol. The van der Waals surface area contributed by atoms with Gasteiger partial charge < -0.3 is 14.6 Å². The van der Waals surface area contributed by atoms with Crippen LogP contribution in [0.15, 0.2) is 36.7 Å². The standard InChI is InChI=1S/C17H20F3N3O/c18-17(19,20)14-5-3-13(4-6-14)12-23-8-7-22-16(23)11-21-10-15-2-1-9-24-15/h3-8,15,21H,1-2,9-12H2/p+1/t15-/m1/s1. The first-order valence-electron chi connectivity index (χ1n) is 8.12. The van der Waals surface area contributed by atoms with Crippen LogP contribution in [0, 0.1) is 0 Å². The summed E-state index contributed by atoms with van der Waals surface area (Å²) in [4.78, 5) is 4.34. The molecule has 0 aliphatic carbocycles. The molecule has 7 heteroatoms. The van der Waals surface area contributed by atoms with E-state index >= 15 is 0 Å². The van der Waals surface area contributed by atoms with Gasteiger partial charge in [-0.25, -0.2) is 4.98 Å². The van der Waals surface area contributed by atoms with Crippen LogP contribution in [0.4, 0.5) is 13.2 Å². The van der Waals surface area contributed by atoms with Crippen molar-refractivity contribution in [3.05, 3.63) is 53.6 Å². The van der Waals surface area contributed by atoms with Crippen LogP contribution in [0.25, 0.3) is 0 Å². The van der Waals surface area contributed by atoms with Gasteiger partial charge in [-0.05, 0) is 30.5 Å². The number of rotatable bonds is 6. The Labute approximate surface area is 138 Å². The number of benzene rings is 1. The number of aromatic nitrogens is 2. The molecule has 1 atom stereocenters. The summed E-state index contributed by atoms with van der Waals surface area (Å²) in [6.07, 6.45) is 1.84. The van der Waals surface area contributed by atoms with Gasteiger partial charge in [-0.2, -0.15) is 13.2 Å². The molecule has 0 amide bonds. The third kappa shape index (κ3) is 4.36. The molecule has 0 bridgehead atoms. The third-order valence-electron chi connectivity index (χ3n) is 4.22. The number of alkyl halides is 3. The fourth-order valence-electron chi connectivity index (χ4n) is 2.90. The second-order valence-corrected chi connectivity index (χ2v) is 6.03. The number of nitrogens with two attached hydrogens (primary N) is 1. The summed E-state index contributed by atoms with van der Waals surface area (Å²) in [5, 5.41) is 2.17. The van der Waals surface area contributed by atoms with Crippen molar-refractivity contribution < 1.29 is 23.2 Å². The summed E-state index contributed by atoms with van der Waals surface area (Å²) in [7, 11) is 0. The molecule has 130 valence electrons. The lowest BCUT2D eigenvalue weighted by Crippen LogP contribution is -2.85. The quantitative estimate of drug-likeness (QED) is 0.876. The molecule has 0 unspecified atom stereocenters. The minimum absolute atomic E-state index is 0.323. The van der Waals surface area contributed by atoms with Gasteiger partial charge in [0.2, 0.25) is 0 Å². The van der Waals surface area contributed by atoms with Gasteiger partial charge in [-0.3, -0.25) is 0 Å². The predicted octanol–water partition coefficient (Wildman–Crippen LogP) is 2.19. The number of nitrogens with zero attached hydrogens (tertiary/aromatic N) is 2. The molecule has 1 saturated heterocycles. The van der Waals surface area contributed by atoms with Gasteiger partial charge in [0.25, 0.3) is 0 Å². The monoisotopic (exact) mass is 340 g/mol. The highest BCUT2D eigenvalue weighted by molar-refractivity contribution is 5.25. The van der Waals surface area contributed by atoms with E-state index in [1.54, 1.807) is 6.20 Å². The Kier molecular flexibility index (Phi) is 5.20. The molecule has 1 fully saturated rings. The van der Waals surface area contributed by atoms with E-state index in [-0.39, 0.29) is 0 Å². The lowest BCUT2D eigenvalue weighted by atomic mass is 10.1. The zero-order chi connectivity index (χ0) is 17.0. The van der Waals surface area contributed by atoms with E-state index in [4.69, 9.17) is 4.74 Å². The SMILES string of the molecule is FC(F)(F)c1ccc(Cn2ccnc2C[NH2+]C[C@H]2CCCO2)cc1. The van der Waals surface area contributed by atoms with Gasteiger partial charge in [0, 0.05) is 25.5 Å². The molecule has 0 spiro atoms. The molecule has 1 aliphatic heterocycles. The fraction of sp³-hybridized carbons (Fsp3) is 0.471. The maximum absolute atomic E-state index is 12.6. The van der Waals surface area contributed by atoms with Gasteiger partial charge in [0.05, 0.1) is 5.56 Å². The Morgan fingerprint density at radius 1 is 1.25 bits per heavy atom. The topological polar surface area (TPSA) is 43.7 Å². The molecule has 2 heterocycles. The van der Waals surface area contributed by atoms with Crippen molar-refractivity contribution in [3.8, 4) is 0 Å².